The smallest absolute Gasteiger partial charge is 0.240 e. The van der Waals surface area contributed by atoms with E-state index < -0.39 is 5.54 Å². The summed E-state index contributed by atoms with van der Waals surface area (Å²) in [4.78, 5) is 12.1. The van der Waals surface area contributed by atoms with Gasteiger partial charge in [-0.3, -0.25) is 4.79 Å². The van der Waals surface area contributed by atoms with Crippen molar-refractivity contribution in [1.82, 2.24) is 5.32 Å². The third-order valence-corrected chi connectivity index (χ3v) is 4.11. The molecule has 0 radical (unpaired) electrons. The Morgan fingerprint density at radius 2 is 2.05 bits per heavy atom. The lowest BCUT2D eigenvalue weighted by Crippen LogP contribution is -2.55. The number of nitrogens with two attached hydrogens (primary N) is 1. The Morgan fingerprint density at radius 1 is 1.36 bits per heavy atom. The van der Waals surface area contributed by atoms with Gasteiger partial charge in [-0.25, -0.2) is 4.39 Å². The number of rotatable bonds is 5. The van der Waals surface area contributed by atoms with Gasteiger partial charge in [-0.05, 0) is 37.0 Å². The Hall–Kier alpha value is -1.33. The first-order chi connectivity index (χ1) is 10.0. The van der Waals surface area contributed by atoms with E-state index in [-0.39, 0.29) is 29.9 Å². The summed E-state index contributed by atoms with van der Waals surface area (Å²) in [5.74, 6) is -0.244. The first-order valence-electron chi connectivity index (χ1n) is 7.45. The van der Waals surface area contributed by atoms with E-state index >= 15 is 0 Å². The van der Waals surface area contributed by atoms with Crippen LogP contribution < -0.4 is 15.8 Å². The predicted octanol–water partition coefficient (Wildman–Crippen LogP) is 2.58. The van der Waals surface area contributed by atoms with Gasteiger partial charge in [0.25, 0.3) is 0 Å². The molecule has 0 unspecified atom stereocenters. The van der Waals surface area contributed by atoms with E-state index in [0.717, 1.165) is 37.7 Å². The Balaban J connectivity index is 0.00000242. The molecule has 6 heteroatoms. The summed E-state index contributed by atoms with van der Waals surface area (Å²) in [6, 6.07) is 4.83. The first-order valence-corrected chi connectivity index (χ1v) is 7.45. The molecular weight excluding hydrogens is 307 g/mol. The highest BCUT2D eigenvalue weighted by atomic mass is 35.5. The number of nitrogens with one attached hydrogen (secondary N) is 1. The largest absolute Gasteiger partial charge is 0.494 e. The van der Waals surface area contributed by atoms with Crippen LogP contribution in [-0.2, 0) is 11.2 Å². The molecule has 22 heavy (non-hydrogen) atoms. The van der Waals surface area contributed by atoms with E-state index in [2.05, 4.69) is 5.32 Å². The second kappa shape index (κ2) is 8.34. The van der Waals surface area contributed by atoms with E-state index in [0.29, 0.717) is 13.0 Å². The summed E-state index contributed by atoms with van der Waals surface area (Å²) in [6.07, 6.45) is 5.23. The maximum atomic E-state index is 13.6. The zero-order valence-electron chi connectivity index (χ0n) is 12.9. The zero-order chi connectivity index (χ0) is 15.3. The van der Waals surface area contributed by atoms with Crippen LogP contribution in [0.4, 0.5) is 4.39 Å². The minimum absolute atomic E-state index is 0. The fraction of sp³-hybridized carbons (Fsp3) is 0.562. The van der Waals surface area contributed by atoms with E-state index in [9.17, 15) is 9.18 Å². The molecule has 0 atom stereocenters. The molecule has 4 nitrogen and oxygen atoms in total. The van der Waals surface area contributed by atoms with Gasteiger partial charge in [-0.1, -0.05) is 25.3 Å². The van der Waals surface area contributed by atoms with Gasteiger partial charge in [0.1, 0.15) is 0 Å². The molecule has 124 valence electrons. The van der Waals surface area contributed by atoms with Crippen molar-refractivity contribution < 1.29 is 13.9 Å². The molecule has 0 heterocycles. The molecule has 1 aromatic carbocycles. The molecule has 1 aliphatic rings. The Kier molecular flexibility index (Phi) is 7.10. The van der Waals surface area contributed by atoms with Crippen LogP contribution in [0.15, 0.2) is 18.2 Å². The molecule has 0 bridgehead atoms. The normalized spacial score (nSPS) is 16.5. The monoisotopic (exact) mass is 330 g/mol. The third-order valence-electron chi connectivity index (χ3n) is 4.11. The average molecular weight is 331 g/mol. The maximum Gasteiger partial charge on any atom is 0.240 e. The van der Waals surface area contributed by atoms with Crippen LogP contribution in [0.3, 0.4) is 0 Å². The van der Waals surface area contributed by atoms with Crippen molar-refractivity contribution in [2.24, 2.45) is 5.73 Å². The van der Waals surface area contributed by atoms with Gasteiger partial charge in [-0.15, -0.1) is 12.4 Å². The van der Waals surface area contributed by atoms with Crippen LogP contribution in [0.5, 0.6) is 5.75 Å². The summed E-state index contributed by atoms with van der Waals surface area (Å²) in [5, 5.41) is 2.87. The van der Waals surface area contributed by atoms with Crippen molar-refractivity contribution in [3.8, 4) is 5.75 Å². The Labute approximate surface area is 137 Å². The number of hydrogen-bond acceptors (Lipinski definition) is 3. The summed E-state index contributed by atoms with van der Waals surface area (Å²) < 4.78 is 18.4. The summed E-state index contributed by atoms with van der Waals surface area (Å²) >= 11 is 0. The molecule has 0 aromatic heterocycles. The Morgan fingerprint density at radius 3 is 2.64 bits per heavy atom. The molecule has 3 N–H and O–H groups in total. The van der Waals surface area contributed by atoms with Crippen LogP contribution in [0.1, 0.15) is 37.7 Å². The molecule has 1 fully saturated rings. The van der Waals surface area contributed by atoms with Gasteiger partial charge in [-0.2, -0.15) is 0 Å². The third kappa shape index (κ3) is 4.58. The predicted molar refractivity (Wildman–Crippen MR) is 86.9 cm³/mol. The van der Waals surface area contributed by atoms with E-state index in [1.54, 1.807) is 12.1 Å². The lowest BCUT2D eigenvalue weighted by Gasteiger charge is -2.31. The number of carbonyl (C=O) groups is 1. The average Bonchev–Trinajstić information content (AvgIpc) is 2.48. The van der Waals surface area contributed by atoms with Gasteiger partial charge in [0.2, 0.25) is 5.91 Å². The number of hydrogen-bond donors (Lipinski definition) is 2. The molecule has 0 aliphatic heterocycles. The minimum Gasteiger partial charge on any atom is -0.494 e. The van der Waals surface area contributed by atoms with Crippen LogP contribution in [-0.4, -0.2) is 25.1 Å². The molecule has 1 aromatic rings. The molecule has 0 saturated heterocycles. The second-order valence-corrected chi connectivity index (χ2v) is 5.69. The first kappa shape index (κ1) is 18.7. The number of carbonyl (C=O) groups excluding carboxylic acids is 1. The number of ether oxygens (including phenoxy) is 1. The number of amides is 1. The lowest BCUT2D eigenvalue weighted by molar-refractivity contribution is -0.127. The highest BCUT2D eigenvalue weighted by molar-refractivity contribution is 5.86. The SMILES string of the molecule is COc1ccc(CCNC(=O)C2(N)CCCCC2)cc1F.Cl. The van der Waals surface area contributed by atoms with E-state index in [4.69, 9.17) is 10.5 Å². The maximum absolute atomic E-state index is 13.6. The van der Waals surface area contributed by atoms with Crippen molar-refractivity contribution >= 4 is 18.3 Å². The van der Waals surface area contributed by atoms with Gasteiger partial charge >= 0.3 is 0 Å². The van der Waals surface area contributed by atoms with Gasteiger partial charge in [0.15, 0.2) is 11.6 Å². The summed E-state index contributed by atoms with van der Waals surface area (Å²) in [5.41, 5.74) is 6.26. The minimum atomic E-state index is -0.719. The number of methoxy groups -OCH3 is 1. The van der Waals surface area contributed by atoms with Crippen LogP contribution in [0.25, 0.3) is 0 Å². The lowest BCUT2D eigenvalue weighted by atomic mass is 9.82. The van der Waals surface area contributed by atoms with Crippen molar-refractivity contribution in [2.45, 2.75) is 44.1 Å². The van der Waals surface area contributed by atoms with Crippen molar-refractivity contribution in [2.75, 3.05) is 13.7 Å². The van der Waals surface area contributed by atoms with Crippen molar-refractivity contribution in [3.63, 3.8) is 0 Å². The highest BCUT2D eigenvalue weighted by Crippen LogP contribution is 2.26. The molecule has 0 spiro atoms. The van der Waals surface area contributed by atoms with Crippen LogP contribution in [0, 0.1) is 5.82 Å². The molecule has 1 amide bonds. The van der Waals surface area contributed by atoms with Crippen LogP contribution in [0.2, 0.25) is 0 Å². The van der Waals surface area contributed by atoms with Crippen molar-refractivity contribution in [1.29, 1.82) is 0 Å². The zero-order valence-corrected chi connectivity index (χ0v) is 13.7. The van der Waals surface area contributed by atoms with Gasteiger partial charge < -0.3 is 15.8 Å². The van der Waals surface area contributed by atoms with Gasteiger partial charge in [0, 0.05) is 6.54 Å². The summed E-state index contributed by atoms with van der Waals surface area (Å²) in [6.45, 7) is 0.462. The number of benzene rings is 1. The fourth-order valence-electron chi connectivity index (χ4n) is 2.77. The molecular formula is C16H24ClFN2O2. The van der Waals surface area contributed by atoms with Crippen LogP contribution >= 0.6 is 12.4 Å². The topological polar surface area (TPSA) is 64.3 Å². The standard InChI is InChI=1S/C16H23FN2O2.ClH/c1-21-14-6-5-12(11-13(14)17)7-10-19-15(20)16(18)8-3-2-4-9-16;/h5-6,11H,2-4,7-10,18H2,1H3,(H,19,20);1H. The second-order valence-electron chi connectivity index (χ2n) is 5.69. The highest BCUT2D eigenvalue weighted by Gasteiger charge is 2.34. The quantitative estimate of drug-likeness (QED) is 0.872. The van der Waals surface area contributed by atoms with Crippen molar-refractivity contribution in [3.05, 3.63) is 29.6 Å². The number of halogens is 2. The molecule has 1 saturated carbocycles. The summed E-state index contributed by atoms with van der Waals surface area (Å²) in [7, 11) is 1.43. The fourth-order valence-corrected chi connectivity index (χ4v) is 2.77. The Bertz CT molecular complexity index is 505. The van der Waals surface area contributed by atoms with Gasteiger partial charge in [0.05, 0.1) is 12.6 Å². The van der Waals surface area contributed by atoms with E-state index in [1.807, 2.05) is 0 Å². The molecule has 1 aliphatic carbocycles. The molecule has 2 rings (SSSR count). The van der Waals surface area contributed by atoms with E-state index in [1.165, 1.54) is 13.2 Å².